The van der Waals surface area contributed by atoms with Gasteiger partial charge in [0.05, 0.1) is 12.6 Å². The first-order valence-corrected chi connectivity index (χ1v) is 7.41. The summed E-state index contributed by atoms with van der Waals surface area (Å²) < 4.78 is 5.97. The van der Waals surface area contributed by atoms with E-state index < -0.39 is 0 Å². The molecular weight excluding hydrogens is 250 g/mol. The molecule has 3 N–H and O–H groups in total. The molecule has 4 heteroatoms. The molecule has 1 unspecified atom stereocenters. The number of hydrogen-bond acceptors (Lipinski definition) is 2. The zero-order valence-electron chi connectivity index (χ0n) is 12.6. The molecule has 2 rings (SSSR count). The Kier molecular flexibility index (Phi) is 4.88. The average Bonchev–Trinajstić information content (AvgIpc) is 3.21. The van der Waals surface area contributed by atoms with Crippen LogP contribution in [0.4, 0.5) is 0 Å². The number of benzene rings is 1. The Morgan fingerprint density at radius 2 is 2.25 bits per heavy atom. The first-order valence-electron chi connectivity index (χ1n) is 7.41. The number of ether oxygens (including phenoxy) is 1. The Morgan fingerprint density at radius 1 is 1.50 bits per heavy atom. The Hall–Kier alpha value is -1.71. The highest BCUT2D eigenvalue weighted by Crippen LogP contribution is 2.23. The number of rotatable bonds is 6. The van der Waals surface area contributed by atoms with Crippen LogP contribution in [-0.2, 0) is 6.54 Å². The third-order valence-corrected chi connectivity index (χ3v) is 3.47. The number of nitrogens with two attached hydrogens (primary N) is 1. The van der Waals surface area contributed by atoms with Gasteiger partial charge in [-0.25, -0.2) is 4.99 Å². The Balaban J connectivity index is 2.04. The normalized spacial score (nSPS) is 16.9. The minimum absolute atomic E-state index is 0.210. The highest BCUT2D eigenvalue weighted by atomic mass is 16.5. The predicted molar refractivity (Wildman–Crippen MR) is 83.0 cm³/mol. The minimum atomic E-state index is 0.210. The van der Waals surface area contributed by atoms with E-state index in [0.717, 1.165) is 17.7 Å². The van der Waals surface area contributed by atoms with Crippen molar-refractivity contribution in [2.75, 3.05) is 0 Å². The van der Waals surface area contributed by atoms with Crippen molar-refractivity contribution in [3.8, 4) is 5.75 Å². The number of aliphatic imine (C=N–C) groups is 1. The molecule has 0 aliphatic heterocycles. The van der Waals surface area contributed by atoms with Crippen LogP contribution >= 0.6 is 0 Å². The van der Waals surface area contributed by atoms with Crippen molar-refractivity contribution in [1.82, 2.24) is 5.32 Å². The lowest BCUT2D eigenvalue weighted by atomic mass is 10.1. The second kappa shape index (κ2) is 6.64. The quantitative estimate of drug-likeness (QED) is 0.620. The maximum atomic E-state index is 5.97. The summed E-state index contributed by atoms with van der Waals surface area (Å²) in [7, 11) is 0. The number of aryl methyl sites for hydroxylation is 1. The van der Waals surface area contributed by atoms with Crippen molar-refractivity contribution in [3.05, 3.63) is 29.3 Å². The first-order chi connectivity index (χ1) is 9.58. The summed E-state index contributed by atoms with van der Waals surface area (Å²) in [5.41, 5.74) is 8.14. The molecule has 1 aromatic carbocycles. The Morgan fingerprint density at radius 3 is 2.90 bits per heavy atom. The smallest absolute Gasteiger partial charge is 0.189 e. The predicted octanol–water partition coefficient (Wildman–Crippen LogP) is 2.74. The molecule has 0 amide bonds. The fourth-order valence-electron chi connectivity index (χ4n) is 1.85. The Labute approximate surface area is 121 Å². The van der Waals surface area contributed by atoms with Crippen LogP contribution in [0.15, 0.2) is 23.2 Å². The fraction of sp³-hybridized carbons (Fsp3) is 0.562. The van der Waals surface area contributed by atoms with E-state index in [1.807, 2.05) is 0 Å². The molecule has 0 radical (unpaired) electrons. The van der Waals surface area contributed by atoms with Crippen LogP contribution in [0.3, 0.4) is 0 Å². The summed E-state index contributed by atoms with van der Waals surface area (Å²) >= 11 is 0. The molecule has 1 saturated carbocycles. The zero-order valence-corrected chi connectivity index (χ0v) is 12.6. The molecule has 0 spiro atoms. The highest BCUT2D eigenvalue weighted by Gasteiger charge is 2.21. The molecule has 0 heterocycles. The van der Waals surface area contributed by atoms with Crippen LogP contribution in [0.5, 0.6) is 5.75 Å². The maximum Gasteiger partial charge on any atom is 0.189 e. The number of hydrogen-bond donors (Lipinski definition) is 2. The third-order valence-electron chi connectivity index (χ3n) is 3.47. The standard InChI is InChI=1S/C16H25N3O/c1-4-12(3)20-15-9-11(2)5-6-13(15)10-18-16(17)19-14-7-8-14/h5-6,9,12,14H,4,7-8,10H2,1-3H3,(H3,17,18,19). The van der Waals surface area contributed by atoms with Gasteiger partial charge in [-0.2, -0.15) is 0 Å². The van der Waals surface area contributed by atoms with Crippen molar-refractivity contribution in [2.24, 2.45) is 10.7 Å². The lowest BCUT2D eigenvalue weighted by Gasteiger charge is -2.16. The number of nitrogens with zero attached hydrogens (tertiary/aromatic N) is 1. The fourth-order valence-corrected chi connectivity index (χ4v) is 1.85. The summed E-state index contributed by atoms with van der Waals surface area (Å²) in [6.45, 7) is 6.82. The van der Waals surface area contributed by atoms with E-state index in [-0.39, 0.29) is 6.10 Å². The van der Waals surface area contributed by atoms with Crippen molar-refractivity contribution < 1.29 is 4.74 Å². The molecule has 0 saturated heterocycles. The first kappa shape index (κ1) is 14.7. The van der Waals surface area contributed by atoms with E-state index in [2.05, 4.69) is 49.3 Å². The molecule has 1 aliphatic rings. The second-order valence-corrected chi connectivity index (χ2v) is 5.57. The van der Waals surface area contributed by atoms with E-state index in [1.54, 1.807) is 0 Å². The van der Waals surface area contributed by atoms with Crippen LogP contribution in [0, 0.1) is 6.92 Å². The highest BCUT2D eigenvalue weighted by molar-refractivity contribution is 5.78. The second-order valence-electron chi connectivity index (χ2n) is 5.57. The molecular formula is C16H25N3O. The molecule has 1 fully saturated rings. The van der Waals surface area contributed by atoms with Gasteiger partial charge in [0.1, 0.15) is 5.75 Å². The van der Waals surface area contributed by atoms with Gasteiger partial charge in [0.15, 0.2) is 5.96 Å². The summed E-state index contributed by atoms with van der Waals surface area (Å²) in [6, 6.07) is 6.76. The zero-order chi connectivity index (χ0) is 14.5. The van der Waals surface area contributed by atoms with Gasteiger partial charge >= 0.3 is 0 Å². The van der Waals surface area contributed by atoms with E-state index in [0.29, 0.717) is 18.5 Å². The molecule has 1 aliphatic carbocycles. The maximum absolute atomic E-state index is 5.97. The van der Waals surface area contributed by atoms with Crippen molar-refractivity contribution in [3.63, 3.8) is 0 Å². The molecule has 20 heavy (non-hydrogen) atoms. The molecule has 1 aromatic rings. The largest absolute Gasteiger partial charge is 0.490 e. The lowest BCUT2D eigenvalue weighted by molar-refractivity contribution is 0.215. The Bertz CT molecular complexity index is 481. The van der Waals surface area contributed by atoms with Crippen molar-refractivity contribution >= 4 is 5.96 Å². The summed E-state index contributed by atoms with van der Waals surface area (Å²) in [4.78, 5) is 4.40. The monoisotopic (exact) mass is 275 g/mol. The van der Waals surface area contributed by atoms with Crippen LogP contribution < -0.4 is 15.8 Å². The van der Waals surface area contributed by atoms with Gasteiger partial charge in [0, 0.05) is 11.6 Å². The minimum Gasteiger partial charge on any atom is -0.490 e. The average molecular weight is 275 g/mol. The summed E-state index contributed by atoms with van der Waals surface area (Å²) in [5.74, 6) is 1.45. The van der Waals surface area contributed by atoms with Gasteiger partial charge in [-0.05, 0) is 44.7 Å². The summed E-state index contributed by atoms with van der Waals surface area (Å²) in [5, 5.41) is 3.19. The van der Waals surface area contributed by atoms with Crippen LogP contribution in [0.25, 0.3) is 0 Å². The van der Waals surface area contributed by atoms with Gasteiger partial charge in [-0.1, -0.05) is 19.1 Å². The van der Waals surface area contributed by atoms with Gasteiger partial charge in [0.25, 0.3) is 0 Å². The molecule has 0 aromatic heterocycles. The van der Waals surface area contributed by atoms with Crippen LogP contribution in [-0.4, -0.2) is 18.1 Å². The molecule has 0 bridgehead atoms. The van der Waals surface area contributed by atoms with Crippen molar-refractivity contribution in [1.29, 1.82) is 0 Å². The van der Waals surface area contributed by atoms with Gasteiger partial charge in [-0.15, -0.1) is 0 Å². The van der Waals surface area contributed by atoms with Crippen molar-refractivity contribution in [2.45, 2.75) is 58.7 Å². The summed E-state index contributed by atoms with van der Waals surface area (Å²) in [6.07, 6.45) is 3.59. The number of guanidine groups is 1. The molecule has 4 nitrogen and oxygen atoms in total. The topological polar surface area (TPSA) is 59.6 Å². The van der Waals surface area contributed by atoms with Gasteiger partial charge in [-0.3, -0.25) is 0 Å². The van der Waals surface area contributed by atoms with Crippen LogP contribution in [0.2, 0.25) is 0 Å². The van der Waals surface area contributed by atoms with Gasteiger partial charge in [0.2, 0.25) is 0 Å². The van der Waals surface area contributed by atoms with E-state index in [1.165, 1.54) is 18.4 Å². The van der Waals surface area contributed by atoms with E-state index >= 15 is 0 Å². The van der Waals surface area contributed by atoms with E-state index in [4.69, 9.17) is 10.5 Å². The van der Waals surface area contributed by atoms with E-state index in [9.17, 15) is 0 Å². The third kappa shape index (κ3) is 4.44. The molecule has 110 valence electrons. The van der Waals surface area contributed by atoms with Crippen LogP contribution in [0.1, 0.15) is 44.2 Å². The molecule has 1 atom stereocenters. The SMILES string of the molecule is CCC(C)Oc1cc(C)ccc1CN=C(N)NC1CC1. The number of nitrogens with one attached hydrogen (secondary N) is 1. The lowest BCUT2D eigenvalue weighted by Crippen LogP contribution is -2.33. The van der Waals surface area contributed by atoms with Gasteiger partial charge < -0.3 is 15.8 Å².